The number of oxazole rings is 1. The molecule has 2 aliphatic rings. The van der Waals surface area contributed by atoms with Gasteiger partial charge in [0.2, 0.25) is 5.89 Å². The number of carbonyl (C=O) groups excluding carboxylic acids is 1. The van der Waals surface area contributed by atoms with Gasteiger partial charge >= 0.3 is 0 Å². The summed E-state index contributed by atoms with van der Waals surface area (Å²) >= 11 is 0. The first-order valence-corrected chi connectivity index (χ1v) is 12.5. The molecule has 1 unspecified atom stereocenters. The van der Waals surface area contributed by atoms with Gasteiger partial charge in [0, 0.05) is 64.6 Å². The molecule has 36 heavy (non-hydrogen) atoms. The lowest BCUT2D eigenvalue weighted by Crippen LogP contribution is -2.49. The number of anilines is 1. The zero-order valence-corrected chi connectivity index (χ0v) is 20.3. The van der Waals surface area contributed by atoms with Crippen LogP contribution < -0.4 is 4.90 Å². The van der Waals surface area contributed by atoms with Gasteiger partial charge in [0.05, 0.1) is 12.6 Å². The molecule has 0 radical (unpaired) electrons. The highest BCUT2D eigenvalue weighted by Gasteiger charge is 2.26. The molecule has 0 spiro atoms. The Hall–Kier alpha value is -3.27. The van der Waals surface area contributed by atoms with Gasteiger partial charge in [-0.2, -0.15) is 0 Å². The Morgan fingerprint density at radius 2 is 1.58 bits per heavy atom. The van der Waals surface area contributed by atoms with Crippen molar-refractivity contribution in [3.8, 4) is 0 Å². The van der Waals surface area contributed by atoms with E-state index >= 15 is 0 Å². The number of amides is 1. The number of hydrogen-bond acceptors (Lipinski definition) is 7. The summed E-state index contributed by atoms with van der Waals surface area (Å²) in [5.41, 5.74) is 2.24. The van der Waals surface area contributed by atoms with Crippen molar-refractivity contribution in [2.45, 2.75) is 12.6 Å². The summed E-state index contributed by atoms with van der Waals surface area (Å²) in [5.74, 6) is 0.169. The van der Waals surface area contributed by atoms with Crippen LogP contribution in [0.25, 0.3) is 0 Å². The van der Waals surface area contributed by atoms with E-state index < -0.39 is 6.10 Å². The summed E-state index contributed by atoms with van der Waals surface area (Å²) < 4.78 is 18.8. The fourth-order valence-electron chi connectivity index (χ4n) is 4.81. The number of piperazine rings is 2. The predicted octanol–water partition coefficient (Wildman–Crippen LogP) is 2.63. The van der Waals surface area contributed by atoms with Gasteiger partial charge < -0.3 is 19.3 Å². The molecule has 1 amide bonds. The topological polar surface area (TPSA) is 76.3 Å². The third kappa shape index (κ3) is 5.92. The monoisotopic (exact) mass is 493 g/mol. The van der Waals surface area contributed by atoms with Crippen LogP contribution in [-0.2, 0) is 6.54 Å². The van der Waals surface area contributed by atoms with Crippen LogP contribution in [0.2, 0.25) is 0 Å². The predicted molar refractivity (Wildman–Crippen MR) is 134 cm³/mol. The molecule has 0 saturated carbocycles. The van der Waals surface area contributed by atoms with Gasteiger partial charge in [-0.1, -0.05) is 30.3 Å². The lowest BCUT2D eigenvalue weighted by molar-refractivity contribution is 0.0671. The minimum absolute atomic E-state index is 0.122. The second kappa shape index (κ2) is 11.2. The largest absolute Gasteiger partial charge is 0.447 e. The summed E-state index contributed by atoms with van der Waals surface area (Å²) in [6, 6.07) is 16.2. The van der Waals surface area contributed by atoms with Crippen molar-refractivity contribution in [1.82, 2.24) is 19.7 Å². The van der Waals surface area contributed by atoms with Gasteiger partial charge in [0.1, 0.15) is 12.1 Å². The molecule has 5 rings (SSSR count). The molecule has 3 heterocycles. The average Bonchev–Trinajstić information content (AvgIpc) is 3.39. The summed E-state index contributed by atoms with van der Waals surface area (Å²) in [7, 11) is 0. The Morgan fingerprint density at radius 1 is 0.917 bits per heavy atom. The van der Waals surface area contributed by atoms with E-state index in [1.165, 1.54) is 18.4 Å². The van der Waals surface area contributed by atoms with E-state index in [2.05, 4.69) is 19.7 Å². The molecular formula is C27H32FN5O3. The quantitative estimate of drug-likeness (QED) is 0.542. The van der Waals surface area contributed by atoms with Gasteiger partial charge in [-0.15, -0.1) is 0 Å². The number of benzene rings is 2. The maximum atomic E-state index is 13.2. The molecule has 0 bridgehead atoms. The summed E-state index contributed by atoms with van der Waals surface area (Å²) in [4.78, 5) is 25.9. The van der Waals surface area contributed by atoms with Crippen molar-refractivity contribution in [2.75, 3.05) is 63.8 Å². The van der Waals surface area contributed by atoms with Crippen molar-refractivity contribution >= 4 is 11.6 Å². The van der Waals surface area contributed by atoms with Crippen molar-refractivity contribution in [3.63, 3.8) is 0 Å². The van der Waals surface area contributed by atoms with E-state index in [1.54, 1.807) is 17.0 Å². The number of nitrogens with zero attached hydrogens (tertiary/aromatic N) is 5. The van der Waals surface area contributed by atoms with E-state index in [0.29, 0.717) is 50.9 Å². The van der Waals surface area contributed by atoms with Crippen molar-refractivity contribution < 1.29 is 18.7 Å². The van der Waals surface area contributed by atoms with Crippen molar-refractivity contribution in [3.05, 3.63) is 83.8 Å². The lowest BCUT2D eigenvalue weighted by Gasteiger charge is -2.35. The third-order valence-corrected chi connectivity index (χ3v) is 6.97. The van der Waals surface area contributed by atoms with Crippen LogP contribution in [0, 0.1) is 5.82 Å². The second-order valence-corrected chi connectivity index (χ2v) is 9.39. The first-order valence-electron chi connectivity index (χ1n) is 12.5. The highest BCUT2D eigenvalue weighted by molar-refractivity contribution is 5.92. The van der Waals surface area contributed by atoms with Gasteiger partial charge in [-0.25, -0.2) is 9.37 Å². The highest BCUT2D eigenvalue weighted by atomic mass is 19.1. The lowest BCUT2D eigenvalue weighted by atomic mass is 10.1. The number of aromatic nitrogens is 1. The molecule has 1 aromatic heterocycles. The molecule has 1 atom stereocenters. The number of β-amino-alcohol motifs (C(OH)–C–C–N with tert-alkyl or cyclic N) is 1. The maximum absolute atomic E-state index is 13.2. The average molecular weight is 494 g/mol. The van der Waals surface area contributed by atoms with Crippen LogP contribution in [0.3, 0.4) is 0 Å². The van der Waals surface area contributed by atoms with Gasteiger partial charge in [-0.05, 0) is 29.8 Å². The SMILES string of the molecule is O=C(c1coc(CN2CCN(CC(O)c3ccccc3)CC2)n1)N1CCN(c2ccc(F)cc2)CC1. The molecular weight excluding hydrogens is 461 g/mol. The number of aliphatic hydroxyl groups is 1. The van der Waals surface area contributed by atoms with Gasteiger partial charge in [0.25, 0.3) is 5.91 Å². The maximum Gasteiger partial charge on any atom is 0.275 e. The summed E-state index contributed by atoms with van der Waals surface area (Å²) in [5, 5.41) is 10.5. The molecule has 2 aliphatic heterocycles. The van der Waals surface area contributed by atoms with Crippen LogP contribution in [0.4, 0.5) is 10.1 Å². The fourth-order valence-corrected chi connectivity index (χ4v) is 4.81. The van der Waals surface area contributed by atoms with E-state index in [-0.39, 0.29) is 11.7 Å². The number of hydrogen-bond donors (Lipinski definition) is 1. The molecule has 2 aromatic carbocycles. The first kappa shape index (κ1) is 24.4. The number of halogens is 1. The molecule has 0 aliphatic carbocycles. The van der Waals surface area contributed by atoms with E-state index in [4.69, 9.17) is 4.42 Å². The second-order valence-electron chi connectivity index (χ2n) is 9.39. The van der Waals surface area contributed by atoms with E-state index in [0.717, 1.165) is 37.4 Å². The van der Waals surface area contributed by atoms with E-state index in [9.17, 15) is 14.3 Å². The number of aliphatic hydroxyl groups excluding tert-OH is 1. The molecule has 190 valence electrons. The zero-order valence-electron chi connectivity index (χ0n) is 20.3. The number of rotatable bonds is 7. The number of carbonyl (C=O) groups is 1. The smallest absolute Gasteiger partial charge is 0.275 e. The minimum Gasteiger partial charge on any atom is -0.447 e. The molecule has 2 saturated heterocycles. The first-order chi connectivity index (χ1) is 17.5. The van der Waals surface area contributed by atoms with Crippen LogP contribution in [0.15, 0.2) is 65.3 Å². The van der Waals surface area contributed by atoms with Crippen LogP contribution in [0.1, 0.15) is 28.0 Å². The standard InChI is InChI=1S/C27H32FN5O3/c28-22-6-8-23(9-7-22)32-14-16-33(17-15-32)27(35)24-20-36-26(29-24)19-31-12-10-30(11-13-31)18-25(34)21-4-2-1-3-5-21/h1-9,20,25,34H,10-19H2. The molecule has 8 nitrogen and oxygen atoms in total. The summed E-state index contributed by atoms with van der Waals surface area (Å²) in [6.45, 7) is 7.10. The Kier molecular flexibility index (Phi) is 7.60. The zero-order chi connectivity index (χ0) is 24.9. The van der Waals surface area contributed by atoms with Crippen molar-refractivity contribution in [1.29, 1.82) is 0 Å². The highest BCUT2D eigenvalue weighted by Crippen LogP contribution is 2.19. The minimum atomic E-state index is -0.490. The Morgan fingerprint density at radius 3 is 2.28 bits per heavy atom. The van der Waals surface area contributed by atoms with Crippen LogP contribution >= 0.6 is 0 Å². The van der Waals surface area contributed by atoms with Gasteiger partial charge in [-0.3, -0.25) is 14.6 Å². The van der Waals surface area contributed by atoms with Gasteiger partial charge in [0.15, 0.2) is 5.69 Å². The van der Waals surface area contributed by atoms with Crippen molar-refractivity contribution in [2.24, 2.45) is 0 Å². The third-order valence-electron chi connectivity index (χ3n) is 6.97. The van der Waals surface area contributed by atoms with Crippen LogP contribution in [-0.4, -0.2) is 89.6 Å². The van der Waals surface area contributed by atoms with Crippen LogP contribution in [0.5, 0.6) is 0 Å². The summed E-state index contributed by atoms with van der Waals surface area (Å²) in [6.07, 6.45) is 0.965. The molecule has 2 fully saturated rings. The Bertz CT molecular complexity index is 1120. The molecule has 1 N–H and O–H groups in total. The fraction of sp³-hybridized carbons (Fsp3) is 0.407. The molecule has 3 aromatic rings. The Labute approximate surface area is 210 Å². The van der Waals surface area contributed by atoms with E-state index in [1.807, 2.05) is 30.3 Å². The normalized spacial score (nSPS) is 18.4. The Balaban J connectivity index is 1.07. The molecule has 9 heteroatoms.